The van der Waals surface area contributed by atoms with Gasteiger partial charge in [0.15, 0.2) is 5.13 Å². The minimum atomic E-state index is 0.781. The van der Waals surface area contributed by atoms with Crippen molar-refractivity contribution < 1.29 is 0 Å². The molecule has 1 aromatic heterocycles. The average Bonchev–Trinajstić information content (AvgIpc) is 2.97. The van der Waals surface area contributed by atoms with E-state index in [0.717, 1.165) is 30.8 Å². The highest BCUT2D eigenvalue weighted by atomic mass is 32.1. The van der Waals surface area contributed by atoms with Crippen LogP contribution in [0, 0.1) is 0 Å². The molecule has 0 spiro atoms. The van der Waals surface area contributed by atoms with Crippen molar-refractivity contribution in [3.8, 4) is 0 Å². The second kappa shape index (κ2) is 4.94. The van der Waals surface area contributed by atoms with Crippen LogP contribution in [0.1, 0.15) is 31.6 Å². The van der Waals surface area contributed by atoms with E-state index in [1.54, 1.807) is 0 Å². The van der Waals surface area contributed by atoms with Crippen LogP contribution in [0.5, 0.6) is 0 Å². The summed E-state index contributed by atoms with van der Waals surface area (Å²) in [6, 6.07) is 0.781. The summed E-state index contributed by atoms with van der Waals surface area (Å²) in [5.41, 5.74) is 0. The lowest BCUT2D eigenvalue weighted by Gasteiger charge is -2.16. The summed E-state index contributed by atoms with van der Waals surface area (Å²) in [6.07, 6.45) is 4.71. The molecule has 2 rings (SSSR count). The first-order chi connectivity index (χ1) is 7.33. The van der Waals surface area contributed by atoms with Crippen molar-refractivity contribution in [2.75, 3.05) is 18.0 Å². The van der Waals surface area contributed by atoms with E-state index in [9.17, 15) is 0 Å². The Balaban J connectivity index is 1.89. The normalized spacial score (nSPS) is 15.6. The van der Waals surface area contributed by atoms with Gasteiger partial charge in [0.1, 0.15) is 0 Å². The molecular weight excluding hydrogens is 206 g/mol. The van der Waals surface area contributed by atoms with Crippen molar-refractivity contribution in [1.82, 2.24) is 10.3 Å². The predicted molar refractivity (Wildman–Crippen MR) is 65.5 cm³/mol. The highest BCUT2D eigenvalue weighted by Gasteiger charge is 2.20. The fraction of sp³-hybridized carbons (Fsp3) is 0.727. The van der Waals surface area contributed by atoms with Gasteiger partial charge >= 0.3 is 0 Å². The van der Waals surface area contributed by atoms with Gasteiger partial charge < -0.3 is 10.2 Å². The zero-order valence-electron chi connectivity index (χ0n) is 9.49. The fourth-order valence-electron chi connectivity index (χ4n) is 1.55. The van der Waals surface area contributed by atoms with E-state index in [1.165, 1.54) is 17.7 Å². The molecule has 1 heterocycles. The SMILES string of the molecule is CCN(CC)c1ncc(CNC2CC2)s1. The van der Waals surface area contributed by atoms with Crippen LogP contribution in [0.15, 0.2) is 6.20 Å². The summed E-state index contributed by atoms with van der Waals surface area (Å²) in [5.74, 6) is 0. The monoisotopic (exact) mass is 225 g/mol. The minimum absolute atomic E-state index is 0.781. The van der Waals surface area contributed by atoms with Crippen molar-refractivity contribution in [1.29, 1.82) is 0 Å². The van der Waals surface area contributed by atoms with Crippen LogP contribution in [0.25, 0.3) is 0 Å². The fourth-order valence-corrected chi connectivity index (χ4v) is 2.54. The Labute approximate surface area is 95.5 Å². The highest BCUT2D eigenvalue weighted by Crippen LogP contribution is 2.24. The molecule has 4 heteroatoms. The first-order valence-electron chi connectivity index (χ1n) is 5.76. The van der Waals surface area contributed by atoms with Crippen molar-refractivity contribution in [3.05, 3.63) is 11.1 Å². The van der Waals surface area contributed by atoms with Gasteiger partial charge in [0.25, 0.3) is 0 Å². The zero-order valence-corrected chi connectivity index (χ0v) is 10.3. The molecule has 0 aromatic carbocycles. The third-order valence-electron chi connectivity index (χ3n) is 2.72. The van der Waals surface area contributed by atoms with Crippen LogP contribution < -0.4 is 10.2 Å². The Morgan fingerprint density at radius 3 is 2.80 bits per heavy atom. The summed E-state index contributed by atoms with van der Waals surface area (Å²) in [4.78, 5) is 8.11. The number of anilines is 1. The molecule has 1 aromatic rings. The molecular formula is C11H19N3S. The standard InChI is InChI=1S/C11H19N3S/c1-3-14(4-2)11-13-8-10(15-11)7-12-9-5-6-9/h8-9,12H,3-7H2,1-2H3. The molecule has 3 nitrogen and oxygen atoms in total. The largest absolute Gasteiger partial charge is 0.349 e. The van der Waals surface area contributed by atoms with Gasteiger partial charge in [0.2, 0.25) is 0 Å². The molecule has 1 N–H and O–H groups in total. The Hall–Kier alpha value is -0.610. The van der Waals surface area contributed by atoms with Gasteiger partial charge in [0.05, 0.1) is 0 Å². The summed E-state index contributed by atoms with van der Waals surface area (Å²) < 4.78 is 0. The lowest BCUT2D eigenvalue weighted by molar-refractivity contribution is 0.694. The first-order valence-corrected chi connectivity index (χ1v) is 6.58. The molecule has 84 valence electrons. The van der Waals surface area contributed by atoms with Gasteiger partial charge in [-0.2, -0.15) is 0 Å². The van der Waals surface area contributed by atoms with Crippen molar-refractivity contribution in [2.45, 2.75) is 39.3 Å². The molecule has 0 unspecified atom stereocenters. The Kier molecular flexibility index (Phi) is 3.59. The number of hydrogen-bond acceptors (Lipinski definition) is 4. The molecule has 0 aliphatic heterocycles. The number of nitrogens with zero attached hydrogens (tertiary/aromatic N) is 2. The van der Waals surface area contributed by atoms with E-state index in [0.29, 0.717) is 0 Å². The van der Waals surface area contributed by atoms with E-state index in [2.05, 4.69) is 29.0 Å². The van der Waals surface area contributed by atoms with Gasteiger partial charge in [-0.1, -0.05) is 0 Å². The van der Waals surface area contributed by atoms with E-state index < -0.39 is 0 Å². The van der Waals surface area contributed by atoms with Crippen molar-refractivity contribution in [3.63, 3.8) is 0 Å². The summed E-state index contributed by atoms with van der Waals surface area (Å²) >= 11 is 1.81. The minimum Gasteiger partial charge on any atom is -0.349 e. The van der Waals surface area contributed by atoms with Gasteiger partial charge in [-0.3, -0.25) is 0 Å². The smallest absolute Gasteiger partial charge is 0.185 e. The molecule has 0 amide bonds. The quantitative estimate of drug-likeness (QED) is 0.805. The van der Waals surface area contributed by atoms with Crippen LogP contribution in [0.2, 0.25) is 0 Å². The molecule has 1 aliphatic carbocycles. The molecule has 0 radical (unpaired) electrons. The van der Waals surface area contributed by atoms with Crippen LogP contribution in [-0.4, -0.2) is 24.1 Å². The second-order valence-electron chi connectivity index (χ2n) is 3.94. The molecule has 0 atom stereocenters. The first kappa shape index (κ1) is 10.9. The Bertz CT molecular complexity index is 303. The van der Waals surface area contributed by atoms with Gasteiger partial charge in [0, 0.05) is 36.8 Å². The third kappa shape index (κ3) is 2.92. The molecule has 1 fully saturated rings. The Morgan fingerprint density at radius 1 is 1.47 bits per heavy atom. The van der Waals surface area contributed by atoms with Crippen molar-refractivity contribution in [2.24, 2.45) is 0 Å². The lowest BCUT2D eigenvalue weighted by atomic mass is 10.5. The van der Waals surface area contributed by atoms with Gasteiger partial charge in [-0.15, -0.1) is 11.3 Å². The van der Waals surface area contributed by atoms with Crippen LogP contribution >= 0.6 is 11.3 Å². The third-order valence-corrected chi connectivity index (χ3v) is 3.78. The summed E-state index contributed by atoms with van der Waals surface area (Å²) in [7, 11) is 0. The van der Waals surface area contributed by atoms with Crippen molar-refractivity contribution >= 4 is 16.5 Å². The van der Waals surface area contributed by atoms with E-state index >= 15 is 0 Å². The van der Waals surface area contributed by atoms with Gasteiger partial charge in [-0.25, -0.2) is 4.98 Å². The van der Waals surface area contributed by atoms with E-state index in [-0.39, 0.29) is 0 Å². The molecule has 1 saturated carbocycles. The maximum absolute atomic E-state index is 4.46. The predicted octanol–water partition coefficient (Wildman–Crippen LogP) is 2.24. The number of aromatic nitrogens is 1. The zero-order chi connectivity index (χ0) is 10.7. The van der Waals surface area contributed by atoms with Crippen LogP contribution in [0.4, 0.5) is 5.13 Å². The topological polar surface area (TPSA) is 28.2 Å². The maximum Gasteiger partial charge on any atom is 0.185 e. The highest BCUT2D eigenvalue weighted by molar-refractivity contribution is 7.15. The summed E-state index contributed by atoms with van der Waals surface area (Å²) in [6.45, 7) is 7.42. The average molecular weight is 225 g/mol. The molecule has 1 aliphatic rings. The maximum atomic E-state index is 4.46. The Morgan fingerprint density at radius 2 is 2.20 bits per heavy atom. The molecule has 0 saturated heterocycles. The van der Waals surface area contributed by atoms with E-state index in [1.807, 2.05) is 17.5 Å². The van der Waals surface area contributed by atoms with Crippen LogP contribution in [0.3, 0.4) is 0 Å². The number of hydrogen-bond donors (Lipinski definition) is 1. The lowest BCUT2D eigenvalue weighted by Crippen LogP contribution is -2.21. The number of nitrogens with one attached hydrogen (secondary N) is 1. The second-order valence-corrected chi connectivity index (χ2v) is 5.03. The molecule has 15 heavy (non-hydrogen) atoms. The summed E-state index contributed by atoms with van der Waals surface area (Å²) in [5, 5.41) is 4.67. The number of thiazole rings is 1. The molecule has 0 bridgehead atoms. The van der Waals surface area contributed by atoms with Gasteiger partial charge in [-0.05, 0) is 26.7 Å². The van der Waals surface area contributed by atoms with E-state index in [4.69, 9.17) is 0 Å². The van der Waals surface area contributed by atoms with Crippen LogP contribution in [-0.2, 0) is 6.54 Å². The number of rotatable bonds is 6.